The molecular weight excluding hydrogens is 336 g/mol. The van der Waals surface area contributed by atoms with Crippen LogP contribution in [0.1, 0.15) is 18.4 Å². The van der Waals surface area contributed by atoms with Gasteiger partial charge in [0.15, 0.2) is 5.43 Å². The van der Waals surface area contributed by atoms with Gasteiger partial charge in [0.05, 0.1) is 11.3 Å². The molecule has 3 rings (SSSR count). The minimum absolute atomic E-state index is 0.0492. The molecular formula is C19H20N2O3S. The van der Waals surface area contributed by atoms with E-state index in [0.29, 0.717) is 23.9 Å². The molecule has 5 nitrogen and oxygen atoms in total. The lowest BCUT2D eigenvalue weighted by Gasteiger charge is -2.14. The highest BCUT2D eigenvalue weighted by Gasteiger charge is 2.18. The number of benzene rings is 1. The number of carbonyl (C=O) groups is 1. The van der Waals surface area contributed by atoms with E-state index in [1.807, 2.05) is 31.1 Å². The lowest BCUT2D eigenvalue weighted by molar-refractivity contribution is -0.145. The SMILES string of the molecule is CC(C(=O)OCCN(C)C)c1ccc2sc3ncccc3c(=O)c2c1. The van der Waals surface area contributed by atoms with Crippen molar-refractivity contribution < 1.29 is 9.53 Å². The van der Waals surface area contributed by atoms with Gasteiger partial charge in [-0.05, 0) is 50.8 Å². The van der Waals surface area contributed by atoms with Crippen LogP contribution in [-0.4, -0.2) is 43.1 Å². The number of nitrogens with zero attached hydrogens (tertiary/aromatic N) is 2. The van der Waals surface area contributed by atoms with Gasteiger partial charge in [0.25, 0.3) is 0 Å². The van der Waals surface area contributed by atoms with E-state index in [0.717, 1.165) is 15.1 Å². The molecule has 25 heavy (non-hydrogen) atoms. The predicted molar refractivity (Wildman–Crippen MR) is 101 cm³/mol. The highest BCUT2D eigenvalue weighted by Crippen LogP contribution is 2.26. The van der Waals surface area contributed by atoms with Crippen LogP contribution >= 0.6 is 11.3 Å². The normalized spacial score (nSPS) is 12.6. The van der Waals surface area contributed by atoms with E-state index >= 15 is 0 Å². The van der Waals surface area contributed by atoms with E-state index < -0.39 is 5.92 Å². The Labute approximate surface area is 149 Å². The van der Waals surface area contributed by atoms with E-state index in [1.165, 1.54) is 11.3 Å². The van der Waals surface area contributed by atoms with Crippen molar-refractivity contribution in [3.8, 4) is 0 Å². The van der Waals surface area contributed by atoms with Crippen LogP contribution in [0.2, 0.25) is 0 Å². The second kappa shape index (κ2) is 7.29. The molecule has 0 radical (unpaired) electrons. The topological polar surface area (TPSA) is 59.5 Å². The van der Waals surface area contributed by atoms with E-state index in [4.69, 9.17) is 4.74 Å². The maximum atomic E-state index is 12.7. The lowest BCUT2D eigenvalue weighted by atomic mass is 10.00. The van der Waals surface area contributed by atoms with Crippen molar-refractivity contribution in [3.63, 3.8) is 0 Å². The van der Waals surface area contributed by atoms with Crippen LogP contribution in [0.25, 0.3) is 20.3 Å². The van der Waals surface area contributed by atoms with Gasteiger partial charge in [-0.25, -0.2) is 4.98 Å². The third-order valence-electron chi connectivity index (χ3n) is 4.11. The number of rotatable bonds is 5. The fourth-order valence-corrected chi connectivity index (χ4v) is 3.56. The fraction of sp³-hybridized carbons (Fsp3) is 0.316. The molecule has 0 aliphatic heterocycles. The number of carbonyl (C=O) groups excluding carboxylic acids is 1. The minimum Gasteiger partial charge on any atom is -0.464 e. The van der Waals surface area contributed by atoms with Crippen LogP contribution in [0.15, 0.2) is 41.3 Å². The Hall–Kier alpha value is -2.31. The maximum absolute atomic E-state index is 12.7. The molecule has 0 spiro atoms. The first-order valence-electron chi connectivity index (χ1n) is 8.10. The molecule has 0 saturated carbocycles. The molecule has 1 aromatic carbocycles. The van der Waals surface area contributed by atoms with Gasteiger partial charge < -0.3 is 9.64 Å². The van der Waals surface area contributed by atoms with Crippen molar-refractivity contribution in [1.82, 2.24) is 9.88 Å². The average molecular weight is 356 g/mol. The largest absolute Gasteiger partial charge is 0.464 e. The number of pyridine rings is 1. The minimum atomic E-state index is -0.416. The quantitative estimate of drug-likeness (QED) is 0.519. The van der Waals surface area contributed by atoms with Gasteiger partial charge in [-0.15, -0.1) is 11.3 Å². The molecule has 6 heteroatoms. The molecule has 1 unspecified atom stereocenters. The van der Waals surface area contributed by atoms with Crippen LogP contribution in [0.4, 0.5) is 0 Å². The summed E-state index contributed by atoms with van der Waals surface area (Å²) in [5.41, 5.74) is 0.738. The third kappa shape index (κ3) is 3.70. The summed E-state index contributed by atoms with van der Waals surface area (Å²) in [7, 11) is 3.85. The predicted octanol–water partition coefficient (Wildman–Crippen LogP) is 3.02. The van der Waals surface area contributed by atoms with Gasteiger partial charge in [0.1, 0.15) is 11.4 Å². The Morgan fingerprint density at radius 3 is 2.84 bits per heavy atom. The lowest BCUT2D eigenvalue weighted by Crippen LogP contribution is -2.22. The van der Waals surface area contributed by atoms with E-state index in [-0.39, 0.29) is 11.4 Å². The molecule has 1 atom stereocenters. The molecule has 2 heterocycles. The van der Waals surface area contributed by atoms with Crippen molar-refractivity contribution in [3.05, 3.63) is 52.3 Å². The zero-order valence-electron chi connectivity index (χ0n) is 14.5. The smallest absolute Gasteiger partial charge is 0.313 e. The molecule has 2 aromatic heterocycles. The molecule has 0 N–H and O–H groups in total. The van der Waals surface area contributed by atoms with Crippen molar-refractivity contribution in [2.24, 2.45) is 0 Å². The van der Waals surface area contributed by atoms with Gasteiger partial charge >= 0.3 is 5.97 Å². The molecule has 130 valence electrons. The molecule has 0 aliphatic carbocycles. The van der Waals surface area contributed by atoms with Gasteiger partial charge in [-0.1, -0.05) is 6.07 Å². The molecule has 3 aromatic rings. The summed E-state index contributed by atoms with van der Waals surface area (Å²) in [6.45, 7) is 2.84. The first kappa shape index (κ1) is 17.5. The van der Waals surface area contributed by atoms with Crippen LogP contribution in [-0.2, 0) is 9.53 Å². The van der Waals surface area contributed by atoms with Gasteiger partial charge in [0, 0.05) is 22.8 Å². The first-order valence-corrected chi connectivity index (χ1v) is 8.92. The van der Waals surface area contributed by atoms with Crippen molar-refractivity contribution in [2.45, 2.75) is 12.8 Å². The molecule has 0 fully saturated rings. The van der Waals surface area contributed by atoms with Gasteiger partial charge in [0.2, 0.25) is 0 Å². The summed E-state index contributed by atoms with van der Waals surface area (Å²) >= 11 is 1.48. The standard InChI is InChI=1S/C19H20N2O3S/c1-12(19(23)24-10-9-21(2)3)13-6-7-16-15(11-13)17(22)14-5-4-8-20-18(14)25-16/h4-8,11-12H,9-10H2,1-3H3. The van der Waals surface area contributed by atoms with Gasteiger partial charge in [-0.3, -0.25) is 9.59 Å². The van der Waals surface area contributed by atoms with Crippen LogP contribution < -0.4 is 5.43 Å². The highest BCUT2D eigenvalue weighted by molar-refractivity contribution is 7.24. The van der Waals surface area contributed by atoms with Crippen molar-refractivity contribution in [2.75, 3.05) is 27.2 Å². The molecule has 0 bridgehead atoms. The molecule has 0 amide bonds. The number of fused-ring (bicyclic) bond motifs is 2. The second-order valence-corrected chi connectivity index (χ2v) is 7.27. The van der Waals surface area contributed by atoms with Crippen LogP contribution in [0, 0.1) is 0 Å². The Balaban J connectivity index is 1.92. The summed E-state index contributed by atoms with van der Waals surface area (Å²) < 4.78 is 6.18. The Kier molecular flexibility index (Phi) is 5.11. The monoisotopic (exact) mass is 356 g/mol. The summed E-state index contributed by atoms with van der Waals surface area (Å²) in [6.07, 6.45) is 1.68. The number of ether oxygens (including phenoxy) is 1. The zero-order chi connectivity index (χ0) is 18.0. The Bertz CT molecular complexity index is 981. The zero-order valence-corrected chi connectivity index (χ0v) is 15.3. The van der Waals surface area contributed by atoms with Crippen molar-refractivity contribution in [1.29, 1.82) is 0 Å². The number of hydrogen-bond acceptors (Lipinski definition) is 6. The number of likely N-dealkylation sites (N-methyl/N-ethyl adjacent to an activating group) is 1. The Morgan fingerprint density at radius 2 is 2.08 bits per heavy atom. The van der Waals surface area contributed by atoms with E-state index in [2.05, 4.69) is 4.98 Å². The van der Waals surface area contributed by atoms with E-state index in [1.54, 1.807) is 31.3 Å². The van der Waals surface area contributed by atoms with Gasteiger partial charge in [-0.2, -0.15) is 0 Å². The van der Waals surface area contributed by atoms with Crippen LogP contribution in [0.5, 0.6) is 0 Å². The van der Waals surface area contributed by atoms with Crippen molar-refractivity contribution >= 4 is 37.6 Å². The average Bonchev–Trinajstić information content (AvgIpc) is 2.60. The fourth-order valence-electron chi connectivity index (χ4n) is 2.57. The second-order valence-electron chi connectivity index (χ2n) is 6.24. The summed E-state index contributed by atoms with van der Waals surface area (Å²) in [4.78, 5) is 31.9. The number of aromatic nitrogens is 1. The number of esters is 1. The third-order valence-corrected chi connectivity index (χ3v) is 5.20. The Morgan fingerprint density at radius 1 is 1.28 bits per heavy atom. The highest BCUT2D eigenvalue weighted by atomic mass is 32.1. The summed E-state index contributed by atoms with van der Waals surface area (Å²) in [6, 6.07) is 9.11. The number of hydrogen-bond donors (Lipinski definition) is 0. The van der Waals surface area contributed by atoms with Crippen LogP contribution in [0.3, 0.4) is 0 Å². The summed E-state index contributed by atoms with van der Waals surface area (Å²) in [5.74, 6) is -0.694. The van der Waals surface area contributed by atoms with E-state index in [9.17, 15) is 9.59 Å². The molecule has 0 aliphatic rings. The maximum Gasteiger partial charge on any atom is 0.313 e. The first-order chi connectivity index (χ1) is 12.0. The molecule has 0 saturated heterocycles. The summed E-state index contributed by atoms with van der Waals surface area (Å²) in [5, 5.41) is 1.23.